The summed E-state index contributed by atoms with van der Waals surface area (Å²) in [4.78, 5) is 69.8. The van der Waals surface area contributed by atoms with Crippen molar-refractivity contribution in [1.82, 2.24) is 0 Å². The van der Waals surface area contributed by atoms with Gasteiger partial charge in [0.25, 0.3) is 0 Å². The van der Waals surface area contributed by atoms with Gasteiger partial charge >= 0.3 is 27.6 Å². The minimum Gasteiger partial charge on any atom is -0.462 e. The molecule has 0 saturated heterocycles. The van der Waals surface area contributed by atoms with Crippen molar-refractivity contribution in [3.05, 3.63) is 0 Å². The van der Waals surface area contributed by atoms with Crippen LogP contribution in [0, 0.1) is 0 Å². The maximum atomic E-state index is 12.9. The van der Waals surface area contributed by atoms with Crippen molar-refractivity contribution in [2.75, 3.05) is 33.5 Å². The van der Waals surface area contributed by atoms with E-state index in [9.17, 15) is 38.1 Å². The number of rotatable bonds is 57. The van der Waals surface area contributed by atoms with Crippen LogP contribution in [0.2, 0.25) is 0 Å². The van der Waals surface area contributed by atoms with Gasteiger partial charge in [0, 0.05) is 45.6 Å². The lowest BCUT2D eigenvalue weighted by Gasteiger charge is -2.20. The molecule has 0 rings (SSSR count). The predicted octanol–water partition coefficient (Wildman–Crippen LogP) is 16.3. The number of phosphoric ester groups is 2. The zero-order valence-electron chi connectivity index (χ0n) is 45.5. The van der Waals surface area contributed by atoms with Crippen molar-refractivity contribution in [3.63, 3.8) is 0 Å². The Morgan fingerprint density at radius 3 is 1.11 bits per heavy atom. The molecule has 16 heteroatoms. The van der Waals surface area contributed by atoms with E-state index in [2.05, 4.69) is 18.4 Å². The number of ether oxygens (including phenoxy) is 2. The molecule has 0 saturated carbocycles. The first-order chi connectivity index (χ1) is 34.3. The Morgan fingerprint density at radius 2 is 0.690 bits per heavy atom. The van der Waals surface area contributed by atoms with E-state index >= 15 is 0 Å². The van der Waals surface area contributed by atoms with Gasteiger partial charge in [0.1, 0.15) is 18.2 Å². The van der Waals surface area contributed by atoms with Crippen LogP contribution in [0.15, 0.2) is 0 Å². The molecule has 71 heavy (non-hydrogen) atoms. The van der Waals surface area contributed by atoms with Crippen molar-refractivity contribution >= 4 is 39.2 Å². The first-order valence-electron chi connectivity index (χ1n) is 28.9. The number of phosphoric acid groups is 2. The summed E-state index contributed by atoms with van der Waals surface area (Å²) in [5.41, 5.74) is 0. The van der Waals surface area contributed by atoms with Crippen LogP contribution in [0.25, 0.3) is 0 Å². The number of carbonyl (C=O) groups is 4. The van der Waals surface area contributed by atoms with E-state index in [1.165, 1.54) is 141 Å². The molecule has 0 spiro atoms. The highest BCUT2D eigenvalue weighted by atomic mass is 31.2. The topological polar surface area (TPSA) is 198 Å². The summed E-state index contributed by atoms with van der Waals surface area (Å²) in [6, 6.07) is 0. The first kappa shape index (κ1) is 69.5. The summed E-state index contributed by atoms with van der Waals surface area (Å²) in [7, 11) is -7.41. The monoisotopic (exact) mass is 1050 g/mol. The van der Waals surface area contributed by atoms with Gasteiger partial charge in [-0.05, 0) is 38.5 Å². The lowest BCUT2D eigenvalue weighted by molar-refractivity contribution is -0.161. The van der Waals surface area contributed by atoms with E-state index < -0.39 is 40.3 Å². The number of esters is 2. The molecule has 0 aliphatic rings. The molecule has 0 aromatic carbocycles. The van der Waals surface area contributed by atoms with Crippen LogP contribution in [0.3, 0.4) is 0 Å². The normalized spacial score (nSPS) is 13.7. The number of hydrogen-bond donors (Lipinski definition) is 2. The van der Waals surface area contributed by atoms with Gasteiger partial charge in [0.05, 0.1) is 19.8 Å². The highest BCUT2D eigenvalue weighted by Crippen LogP contribution is 2.44. The van der Waals surface area contributed by atoms with Gasteiger partial charge in [-0.2, -0.15) is 0 Å². The molecule has 14 nitrogen and oxygen atoms in total. The summed E-state index contributed by atoms with van der Waals surface area (Å²) in [6.45, 7) is 3.61. The molecule has 2 unspecified atom stereocenters. The van der Waals surface area contributed by atoms with Crippen molar-refractivity contribution < 1.29 is 65.7 Å². The second kappa shape index (κ2) is 50.6. The number of ketones is 2. The van der Waals surface area contributed by atoms with Gasteiger partial charge in [-0.15, -0.1) is 0 Å². The molecular formula is C55H106O14P2. The van der Waals surface area contributed by atoms with Gasteiger partial charge in [-0.25, -0.2) is 9.13 Å². The average Bonchev–Trinajstić information content (AvgIpc) is 3.34. The third-order valence-corrected chi connectivity index (χ3v) is 14.9. The van der Waals surface area contributed by atoms with Crippen LogP contribution in [0.5, 0.6) is 0 Å². The fraction of sp³-hybridized carbons (Fsp3) is 0.927. The molecule has 0 heterocycles. The molecule has 0 aliphatic carbocycles. The third kappa shape index (κ3) is 51.8. The molecule has 2 N–H and O–H groups in total. The fourth-order valence-corrected chi connectivity index (χ4v) is 9.74. The molecule has 3 atom stereocenters. The zero-order valence-corrected chi connectivity index (χ0v) is 47.3. The predicted molar refractivity (Wildman–Crippen MR) is 285 cm³/mol. The van der Waals surface area contributed by atoms with Crippen molar-refractivity contribution in [2.45, 2.75) is 296 Å². The molecule has 0 aliphatic heterocycles. The van der Waals surface area contributed by atoms with Crippen molar-refractivity contribution in [3.8, 4) is 0 Å². The van der Waals surface area contributed by atoms with E-state index in [0.29, 0.717) is 38.5 Å². The van der Waals surface area contributed by atoms with E-state index in [-0.39, 0.29) is 63.5 Å². The van der Waals surface area contributed by atoms with Gasteiger partial charge < -0.3 is 19.3 Å². The Labute approximate surface area is 432 Å². The molecule has 0 aromatic rings. The fourth-order valence-electron chi connectivity index (χ4n) is 8.48. The van der Waals surface area contributed by atoms with Crippen molar-refractivity contribution in [1.29, 1.82) is 0 Å². The first-order valence-corrected chi connectivity index (χ1v) is 31.9. The summed E-state index contributed by atoms with van der Waals surface area (Å²) in [5, 5.41) is 0. The molecule has 0 aromatic heterocycles. The molecule has 0 bridgehead atoms. The van der Waals surface area contributed by atoms with Gasteiger partial charge in [0.15, 0.2) is 6.10 Å². The van der Waals surface area contributed by atoms with E-state index in [1.54, 1.807) is 0 Å². The largest absolute Gasteiger partial charge is 0.472 e. The Bertz CT molecular complexity index is 1360. The van der Waals surface area contributed by atoms with Crippen LogP contribution in [-0.4, -0.2) is 72.9 Å². The van der Waals surface area contributed by atoms with Gasteiger partial charge in [-0.3, -0.25) is 37.3 Å². The SMILES string of the molecule is CCCCCCCCCCCCCCCCCC(=O)OC[C@H](COP(=O)(O)OCCCC(=O)CCCC(=O)CCCCCCCOP(=O)(O)OC)OC(=O)CCCCCCCCCCCCCCCCC. The number of hydrogen-bond acceptors (Lipinski definition) is 12. The standard InChI is InChI=1S/C55H106O14P2/c1-4-6-8-10-12-14-16-18-20-22-24-26-28-32-36-45-54(58)65-49-53(69-55(59)46-37-33-29-27-25-23-21-19-17-15-13-11-9-7-5-2)50-68-71(62,63)67-48-40-44-52(57)43-39-42-51(56)41-35-31-30-34-38-47-66-70(60,61)64-3/h53H,4-50H2,1-3H3,(H,60,61)(H,62,63)/t53-/m1/s1. The summed E-state index contributed by atoms with van der Waals surface area (Å²) in [5.74, 6) is -0.891. The van der Waals surface area contributed by atoms with Crippen LogP contribution in [0.1, 0.15) is 290 Å². The summed E-state index contributed by atoms with van der Waals surface area (Å²) >= 11 is 0. The Hall–Kier alpha value is -1.50. The second-order valence-corrected chi connectivity index (χ2v) is 22.8. The molecule has 420 valence electrons. The second-order valence-electron chi connectivity index (χ2n) is 19.8. The lowest BCUT2D eigenvalue weighted by atomic mass is 10.0. The van der Waals surface area contributed by atoms with Crippen LogP contribution in [0.4, 0.5) is 0 Å². The maximum Gasteiger partial charge on any atom is 0.472 e. The average molecular weight is 1050 g/mol. The highest BCUT2D eigenvalue weighted by Gasteiger charge is 2.26. The molecule has 0 radical (unpaired) electrons. The van der Waals surface area contributed by atoms with Crippen molar-refractivity contribution in [2.24, 2.45) is 0 Å². The molecule has 0 fully saturated rings. The maximum absolute atomic E-state index is 12.9. The van der Waals surface area contributed by atoms with Crippen LogP contribution in [-0.2, 0) is 55.9 Å². The van der Waals surface area contributed by atoms with Gasteiger partial charge in [-0.1, -0.05) is 213 Å². The van der Waals surface area contributed by atoms with E-state index in [1.807, 2.05) is 0 Å². The zero-order chi connectivity index (χ0) is 52.4. The number of unbranched alkanes of at least 4 members (excludes halogenated alkanes) is 32. The summed E-state index contributed by atoms with van der Waals surface area (Å²) < 4.78 is 54.5. The number of Topliss-reactive ketones (excluding diaryl/α,β-unsaturated/α-hetero) is 2. The van der Waals surface area contributed by atoms with E-state index in [0.717, 1.165) is 71.3 Å². The Kier molecular flexibility index (Phi) is 49.6. The molecular weight excluding hydrogens is 947 g/mol. The minimum atomic E-state index is -4.58. The van der Waals surface area contributed by atoms with Crippen LogP contribution >= 0.6 is 15.6 Å². The van der Waals surface area contributed by atoms with Crippen LogP contribution < -0.4 is 0 Å². The Morgan fingerprint density at radius 1 is 0.366 bits per heavy atom. The highest BCUT2D eigenvalue weighted by molar-refractivity contribution is 7.47. The minimum absolute atomic E-state index is 0.0783. The quantitative estimate of drug-likeness (QED) is 0.0331. The smallest absolute Gasteiger partial charge is 0.462 e. The van der Waals surface area contributed by atoms with Gasteiger partial charge in [0.2, 0.25) is 0 Å². The van der Waals surface area contributed by atoms with E-state index in [4.69, 9.17) is 23.0 Å². The molecule has 0 amide bonds. The summed E-state index contributed by atoms with van der Waals surface area (Å²) in [6.07, 6.45) is 41.5. The number of carbonyl (C=O) groups excluding carboxylic acids is 4. The Balaban J connectivity index is 4.55. The third-order valence-electron chi connectivity index (χ3n) is 13.0. The lowest BCUT2D eigenvalue weighted by Crippen LogP contribution is -2.29.